The highest BCUT2D eigenvalue weighted by Gasteiger charge is 2.17. The maximum atomic E-state index is 13.1. The summed E-state index contributed by atoms with van der Waals surface area (Å²) in [7, 11) is 0. The van der Waals surface area contributed by atoms with E-state index in [1.54, 1.807) is 0 Å². The second-order valence-corrected chi connectivity index (χ2v) is 4.37. The second-order valence-electron chi connectivity index (χ2n) is 4.37. The van der Waals surface area contributed by atoms with Gasteiger partial charge in [0.15, 0.2) is 11.6 Å². The van der Waals surface area contributed by atoms with E-state index in [2.05, 4.69) is 24.0 Å². The van der Waals surface area contributed by atoms with Crippen molar-refractivity contribution in [3.63, 3.8) is 0 Å². The molecule has 0 unspecified atom stereocenters. The Hall–Kier alpha value is -1.91. The molecule has 0 radical (unpaired) electrons. The molecule has 2 heterocycles. The Morgan fingerprint density at radius 3 is 2.82 bits per heavy atom. The molecule has 2 aromatic rings. The van der Waals surface area contributed by atoms with Gasteiger partial charge in [0.2, 0.25) is 0 Å². The summed E-state index contributed by atoms with van der Waals surface area (Å²) < 4.78 is 18.3. The number of nitrogens with zero attached hydrogens (tertiary/aromatic N) is 2. The summed E-state index contributed by atoms with van der Waals surface area (Å²) in [4.78, 5) is 3.79. The van der Waals surface area contributed by atoms with Crippen LogP contribution >= 0.6 is 0 Å². The molecule has 0 aliphatic carbocycles. The Bertz CT molecular complexity index is 522. The predicted octanol–water partition coefficient (Wildman–Crippen LogP) is 2.66. The maximum absolute atomic E-state index is 13.1. The van der Waals surface area contributed by atoms with E-state index in [9.17, 15) is 4.39 Å². The molecule has 0 fully saturated rings. The first-order valence-corrected chi connectivity index (χ1v) is 5.43. The SMILES string of the molecule is CC(C)Cc1c(N)noc1-c1cncc(F)c1. The van der Waals surface area contributed by atoms with Crippen LogP contribution in [-0.2, 0) is 6.42 Å². The molecular weight excluding hydrogens is 221 g/mol. The monoisotopic (exact) mass is 235 g/mol. The van der Waals surface area contributed by atoms with Crippen molar-refractivity contribution in [3.05, 3.63) is 29.8 Å². The number of anilines is 1. The summed E-state index contributed by atoms with van der Waals surface area (Å²) in [5.74, 6) is 0.867. The first kappa shape index (κ1) is 11.6. The third-order valence-electron chi connectivity index (χ3n) is 2.40. The molecule has 0 spiro atoms. The minimum atomic E-state index is -0.409. The normalized spacial score (nSPS) is 11.1. The Kier molecular flexibility index (Phi) is 3.08. The lowest BCUT2D eigenvalue weighted by molar-refractivity contribution is 0.434. The van der Waals surface area contributed by atoms with Crippen LogP contribution in [0.25, 0.3) is 11.3 Å². The number of nitrogens with two attached hydrogens (primary N) is 1. The quantitative estimate of drug-likeness (QED) is 0.888. The average Bonchev–Trinajstić information content (AvgIpc) is 2.60. The van der Waals surface area contributed by atoms with E-state index >= 15 is 0 Å². The largest absolute Gasteiger partial charge is 0.381 e. The van der Waals surface area contributed by atoms with Crippen molar-refractivity contribution in [2.45, 2.75) is 20.3 Å². The zero-order chi connectivity index (χ0) is 12.4. The number of hydrogen-bond donors (Lipinski definition) is 1. The molecule has 0 atom stereocenters. The number of hydrogen-bond acceptors (Lipinski definition) is 4. The summed E-state index contributed by atoms with van der Waals surface area (Å²) in [6.07, 6.45) is 3.42. The molecule has 2 N–H and O–H groups in total. The second kappa shape index (κ2) is 4.53. The van der Waals surface area contributed by atoms with Crippen molar-refractivity contribution in [2.75, 3.05) is 5.73 Å². The topological polar surface area (TPSA) is 64.9 Å². The molecule has 2 rings (SSSR count). The molecule has 5 heteroatoms. The van der Waals surface area contributed by atoms with Crippen molar-refractivity contribution in [1.29, 1.82) is 0 Å². The summed E-state index contributed by atoms with van der Waals surface area (Å²) in [6.45, 7) is 4.14. The van der Waals surface area contributed by atoms with Crippen molar-refractivity contribution in [3.8, 4) is 11.3 Å². The van der Waals surface area contributed by atoms with Crippen LogP contribution < -0.4 is 5.73 Å². The lowest BCUT2D eigenvalue weighted by Crippen LogP contribution is -1.99. The van der Waals surface area contributed by atoms with Gasteiger partial charge in [0, 0.05) is 17.3 Å². The number of halogens is 1. The Morgan fingerprint density at radius 2 is 2.18 bits per heavy atom. The molecular formula is C12H14FN3O. The number of aromatic nitrogens is 2. The van der Waals surface area contributed by atoms with Crippen LogP contribution in [0, 0.1) is 11.7 Å². The van der Waals surface area contributed by atoms with Gasteiger partial charge >= 0.3 is 0 Å². The highest BCUT2D eigenvalue weighted by molar-refractivity contribution is 5.65. The summed E-state index contributed by atoms with van der Waals surface area (Å²) in [6, 6.07) is 1.36. The molecule has 4 nitrogen and oxygen atoms in total. The molecule has 17 heavy (non-hydrogen) atoms. The fourth-order valence-electron chi connectivity index (χ4n) is 1.69. The van der Waals surface area contributed by atoms with Gasteiger partial charge in [-0.2, -0.15) is 0 Å². The van der Waals surface area contributed by atoms with E-state index in [1.807, 2.05) is 0 Å². The molecule has 0 amide bonds. The number of rotatable bonds is 3. The van der Waals surface area contributed by atoms with Crippen molar-refractivity contribution in [1.82, 2.24) is 10.1 Å². The number of nitrogen functional groups attached to an aromatic ring is 1. The molecule has 0 aliphatic heterocycles. The molecule has 0 aliphatic rings. The Balaban J connectivity index is 2.45. The predicted molar refractivity (Wildman–Crippen MR) is 62.6 cm³/mol. The van der Waals surface area contributed by atoms with Crippen LogP contribution in [0.4, 0.5) is 10.2 Å². The minimum absolute atomic E-state index is 0.359. The van der Waals surface area contributed by atoms with Crippen LogP contribution in [0.5, 0.6) is 0 Å². The Labute approximate surface area is 98.6 Å². The van der Waals surface area contributed by atoms with Gasteiger partial charge in [0.1, 0.15) is 5.82 Å². The van der Waals surface area contributed by atoms with E-state index < -0.39 is 5.82 Å². The zero-order valence-electron chi connectivity index (χ0n) is 9.77. The van der Waals surface area contributed by atoms with Gasteiger partial charge in [0.25, 0.3) is 0 Å². The lowest BCUT2D eigenvalue weighted by atomic mass is 10.0. The fourth-order valence-corrected chi connectivity index (χ4v) is 1.69. The third kappa shape index (κ3) is 2.43. The smallest absolute Gasteiger partial charge is 0.173 e. The van der Waals surface area contributed by atoms with Gasteiger partial charge in [0.05, 0.1) is 6.20 Å². The van der Waals surface area contributed by atoms with Gasteiger partial charge in [-0.15, -0.1) is 0 Å². The van der Waals surface area contributed by atoms with E-state index in [0.717, 1.165) is 18.2 Å². The van der Waals surface area contributed by atoms with Crippen LogP contribution in [0.15, 0.2) is 23.0 Å². The van der Waals surface area contributed by atoms with Crippen LogP contribution in [-0.4, -0.2) is 10.1 Å². The van der Waals surface area contributed by atoms with Crippen LogP contribution in [0.2, 0.25) is 0 Å². The van der Waals surface area contributed by atoms with Gasteiger partial charge in [-0.25, -0.2) is 4.39 Å². The zero-order valence-corrected chi connectivity index (χ0v) is 9.77. The first-order valence-electron chi connectivity index (χ1n) is 5.43. The van der Waals surface area contributed by atoms with Crippen molar-refractivity contribution in [2.24, 2.45) is 5.92 Å². The van der Waals surface area contributed by atoms with Crippen LogP contribution in [0.1, 0.15) is 19.4 Å². The number of pyridine rings is 1. The Morgan fingerprint density at radius 1 is 1.41 bits per heavy atom. The minimum Gasteiger partial charge on any atom is -0.381 e. The third-order valence-corrected chi connectivity index (χ3v) is 2.40. The molecule has 0 aromatic carbocycles. The van der Waals surface area contributed by atoms with Crippen molar-refractivity contribution >= 4 is 5.82 Å². The van der Waals surface area contributed by atoms with E-state index in [0.29, 0.717) is 23.1 Å². The molecule has 0 saturated heterocycles. The van der Waals surface area contributed by atoms with Gasteiger partial charge in [-0.3, -0.25) is 4.98 Å². The van der Waals surface area contributed by atoms with Crippen LogP contribution in [0.3, 0.4) is 0 Å². The average molecular weight is 235 g/mol. The highest BCUT2D eigenvalue weighted by Crippen LogP contribution is 2.29. The molecule has 2 aromatic heterocycles. The molecule has 90 valence electrons. The first-order chi connectivity index (χ1) is 8.08. The summed E-state index contributed by atoms with van der Waals surface area (Å²) in [5.41, 5.74) is 7.12. The molecule has 0 bridgehead atoms. The van der Waals surface area contributed by atoms with Crippen molar-refractivity contribution < 1.29 is 8.91 Å². The standard InChI is InChI=1S/C12H14FN3O/c1-7(2)3-10-11(17-16-12(10)14)8-4-9(13)6-15-5-8/h4-7H,3H2,1-2H3,(H2,14,16). The highest BCUT2D eigenvalue weighted by atomic mass is 19.1. The summed E-state index contributed by atoms with van der Waals surface area (Å²) >= 11 is 0. The fraction of sp³-hybridized carbons (Fsp3) is 0.333. The van der Waals surface area contributed by atoms with E-state index in [1.165, 1.54) is 12.3 Å². The van der Waals surface area contributed by atoms with Gasteiger partial charge in [-0.1, -0.05) is 19.0 Å². The summed E-state index contributed by atoms with van der Waals surface area (Å²) in [5, 5.41) is 3.73. The van der Waals surface area contributed by atoms with E-state index in [4.69, 9.17) is 10.3 Å². The lowest BCUT2D eigenvalue weighted by Gasteiger charge is -2.04. The maximum Gasteiger partial charge on any atom is 0.173 e. The molecule has 0 saturated carbocycles. The van der Waals surface area contributed by atoms with E-state index in [-0.39, 0.29) is 0 Å². The van der Waals surface area contributed by atoms with Gasteiger partial charge < -0.3 is 10.3 Å². The van der Waals surface area contributed by atoms with Gasteiger partial charge in [-0.05, 0) is 18.4 Å².